The summed E-state index contributed by atoms with van der Waals surface area (Å²) in [5.74, 6) is 0. The van der Waals surface area contributed by atoms with E-state index in [1.807, 2.05) is 20.8 Å². The van der Waals surface area contributed by atoms with Gasteiger partial charge in [0.1, 0.15) is 5.60 Å². The maximum absolute atomic E-state index is 5.68. The number of halogens is 3. The summed E-state index contributed by atoms with van der Waals surface area (Å²) in [6.45, 7) is 8.84. The van der Waals surface area contributed by atoms with Crippen molar-refractivity contribution < 1.29 is 9.78 Å². The van der Waals surface area contributed by atoms with Gasteiger partial charge in [-0.05, 0) is 34.6 Å². The van der Waals surface area contributed by atoms with Gasteiger partial charge < -0.3 is 0 Å². The van der Waals surface area contributed by atoms with Crippen molar-refractivity contribution in [3.05, 3.63) is 0 Å². The molecule has 0 N–H and O–H groups in total. The Labute approximate surface area is 94.4 Å². The largest absolute Gasteiger partial charge is 0.230 e. The molecule has 0 atom stereocenters. The Kier molecular flexibility index (Phi) is 4.36. The van der Waals surface area contributed by atoms with Crippen LogP contribution >= 0.6 is 34.8 Å². The summed E-state index contributed by atoms with van der Waals surface area (Å²) in [6, 6.07) is 0. The fraction of sp³-hybridized carbons (Fsp3) is 1.00. The molecule has 0 unspecified atom stereocenters. The second-order valence-electron chi connectivity index (χ2n) is 4.29. The van der Waals surface area contributed by atoms with Gasteiger partial charge in [0.2, 0.25) is 3.79 Å². The van der Waals surface area contributed by atoms with Crippen LogP contribution in [0.5, 0.6) is 0 Å². The molecule has 0 aliphatic rings. The highest BCUT2D eigenvalue weighted by molar-refractivity contribution is 6.68. The second kappa shape index (κ2) is 4.11. The lowest BCUT2D eigenvalue weighted by Gasteiger charge is -2.33. The predicted octanol–water partition coefficient (Wildman–Crippen LogP) is 3.88. The standard InChI is InChI=1S/C8H15Cl3O2/c1-6(2,3)12-13-7(4,5)8(9,10)11/h1-5H3. The molecule has 0 spiro atoms. The molecular formula is C8H15Cl3O2. The Balaban J connectivity index is 4.21. The molecule has 5 heteroatoms. The molecule has 0 saturated heterocycles. The number of hydrogen-bond acceptors (Lipinski definition) is 2. The molecule has 0 fully saturated rings. The third-order valence-electron chi connectivity index (χ3n) is 1.18. The molecule has 0 heterocycles. The average Bonchev–Trinajstić information content (AvgIpc) is 1.79. The van der Waals surface area contributed by atoms with Crippen LogP contribution in [-0.4, -0.2) is 15.0 Å². The summed E-state index contributed by atoms with van der Waals surface area (Å²) < 4.78 is -1.52. The Hall–Kier alpha value is 0.790. The molecule has 13 heavy (non-hydrogen) atoms. The van der Waals surface area contributed by atoms with E-state index in [4.69, 9.17) is 44.6 Å². The topological polar surface area (TPSA) is 18.5 Å². The van der Waals surface area contributed by atoms with Crippen molar-refractivity contribution in [2.24, 2.45) is 0 Å². The van der Waals surface area contributed by atoms with E-state index in [1.165, 1.54) is 0 Å². The van der Waals surface area contributed by atoms with Crippen molar-refractivity contribution in [1.82, 2.24) is 0 Å². The van der Waals surface area contributed by atoms with Gasteiger partial charge in [-0.3, -0.25) is 0 Å². The fourth-order valence-corrected chi connectivity index (χ4v) is 0.371. The highest BCUT2D eigenvalue weighted by Gasteiger charge is 2.43. The van der Waals surface area contributed by atoms with Gasteiger partial charge in [0.15, 0.2) is 0 Å². The quantitative estimate of drug-likeness (QED) is 0.420. The smallest absolute Gasteiger partial charge is 0.221 e. The lowest BCUT2D eigenvalue weighted by Crippen LogP contribution is -2.41. The Bertz CT molecular complexity index is 167. The van der Waals surface area contributed by atoms with E-state index in [9.17, 15) is 0 Å². The van der Waals surface area contributed by atoms with Crippen LogP contribution < -0.4 is 0 Å². The molecule has 0 bridgehead atoms. The van der Waals surface area contributed by atoms with Crippen molar-refractivity contribution in [3.8, 4) is 0 Å². The Morgan fingerprint density at radius 3 is 1.38 bits per heavy atom. The van der Waals surface area contributed by atoms with Gasteiger partial charge in [0.25, 0.3) is 0 Å². The van der Waals surface area contributed by atoms with Gasteiger partial charge in [0.05, 0.1) is 5.60 Å². The van der Waals surface area contributed by atoms with Crippen LogP contribution in [0.4, 0.5) is 0 Å². The zero-order chi connectivity index (χ0) is 10.9. The molecule has 0 aromatic heterocycles. The Morgan fingerprint density at radius 1 is 0.769 bits per heavy atom. The fourth-order valence-electron chi connectivity index (χ4n) is 0.276. The van der Waals surface area contributed by atoms with Crippen LogP contribution in [0.25, 0.3) is 0 Å². The first-order valence-electron chi connectivity index (χ1n) is 3.89. The summed E-state index contributed by atoms with van der Waals surface area (Å²) >= 11 is 17.0. The minimum Gasteiger partial charge on any atom is -0.230 e. The maximum atomic E-state index is 5.68. The lowest BCUT2D eigenvalue weighted by atomic mass is 10.2. The minimum atomic E-state index is -1.52. The van der Waals surface area contributed by atoms with Crippen LogP contribution in [0.3, 0.4) is 0 Å². The van der Waals surface area contributed by atoms with E-state index in [0.717, 1.165) is 0 Å². The normalized spacial score (nSPS) is 14.8. The van der Waals surface area contributed by atoms with E-state index < -0.39 is 15.0 Å². The maximum Gasteiger partial charge on any atom is 0.221 e. The lowest BCUT2D eigenvalue weighted by molar-refractivity contribution is -0.396. The average molecular weight is 250 g/mol. The second-order valence-corrected chi connectivity index (χ2v) is 6.57. The molecule has 0 aromatic carbocycles. The predicted molar refractivity (Wildman–Crippen MR) is 56.3 cm³/mol. The van der Waals surface area contributed by atoms with E-state index >= 15 is 0 Å². The first-order valence-corrected chi connectivity index (χ1v) is 5.03. The monoisotopic (exact) mass is 248 g/mol. The van der Waals surface area contributed by atoms with Crippen LogP contribution in [0.15, 0.2) is 0 Å². The summed E-state index contributed by atoms with van der Waals surface area (Å²) in [6.07, 6.45) is 0. The summed E-state index contributed by atoms with van der Waals surface area (Å²) in [4.78, 5) is 10.1. The van der Waals surface area contributed by atoms with Crippen LogP contribution in [0, 0.1) is 0 Å². The zero-order valence-electron chi connectivity index (χ0n) is 8.45. The molecule has 0 aliphatic carbocycles. The Morgan fingerprint density at radius 2 is 1.15 bits per heavy atom. The molecule has 0 aliphatic heterocycles. The van der Waals surface area contributed by atoms with Gasteiger partial charge in [-0.15, -0.1) is 0 Å². The van der Waals surface area contributed by atoms with Gasteiger partial charge in [-0.25, -0.2) is 9.78 Å². The highest BCUT2D eigenvalue weighted by Crippen LogP contribution is 2.40. The van der Waals surface area contributed by atoms with E-state index in [-0.39, 0.29) is 0 Å². The molecule has 80 valence electrons. The van der Waals surface area contributed by atoms with Crippen molar-refractivity contribution in [2.45, 2.75) is 49.6 Å². The molecule has 2 nitrogen and oxygen atoms in total. The third-order valence-corrected chi connectivity index (χ3v) is 2.55. The van der Waals surface area contributed by atoms with Crippen molar-refractivity contribution in [1.29, 1.82) is 0 Å². The summed E-state index contributed by atoms with van der Waals surface area (Å²) in [5, 5.41) is 0. The first kappa shape index (κ1) is 13.8. The molecule has 0 aromatic rings. The molecule has 0 radical (unpaired) electrons. The van der Waals surface area contributed by atoms with Gasteiger partial charge in [-0.2, -0.15) is 0 Å². The van der Waals surface area contributed by atoms with Crippen LogP contribution in [0.2, 0.25) is 0 Å². The first-order chi connectivity index (χ1) is 5.46. The molecule has 0 amide bonds. The molecule has 0 rings (SSSR count). The third kappa shape index (κ3) is 5.28. The summed E-state index contributed by atoms with van der Waals surface area (Å²) in [5.41, 5.74) is -1.40. The zero-order valence-corrected chi connectivity index (χ0v) is 10.7. The molecular weight excluding hydrogens is 234 g/mol. The minimum absolute atomic E-state index is 0.423. The number of rotatable bonds is 2. The van der Waals surface area contributed by atoms with Gasteiger partial charge >= 0.3 is 0 Å². The van der Waals surface area contributed by atoms with Crippen LogP contribution in [-0.2, 0) is 9.78 Å². The number of hydrogen-bond donors (Lipinski definition) is 0. The van der Waals surface area contributed by atoms with Crippen molar-refractivity contribution in [3.63, 3.8) is 0 Å². The highest BCUT2D eigenvalue weighted by atomic mass is 35.6. The van der Waals surface area contributed by atoms with Crippen molar-refractivity contribution >= 4 is 34.8 Å². The SMILES string of the molecule is CC(C)(C)OOC(C)(C)C(Cl)(Cl)Cl. The van der Waals surface area contributed by atoms with Crippen molar-refractivity contribution in [2.75, 3.05) is 0 Å². The number of alkyl halides is 3. The van der Waals surface area contributed by atoms with E-state index in [1.54, 1.807) is 13.8 Å². The van der Waals surface area contributed by atoms with E-state index in [0.29, 0.717) is 0 Å². The van der Waals surface area contributed by atoms with Gasteiger partial charge in [0, 0.05) is 0 Å². The van der Waals surface area contributed by atoms with Crippen LogP contribution in [0.1, 0.15) is 34.6 Å². The summed E-state index contributed by atoms with van der Waals surface area (Å²) in [7, 11) is 0. The van der Waals surface area contributed by atoms with E-state index in [2.05, 4.69) is 0 Å². The molecule has 0 saturated carbocycles. The van der Waals surface area contributed by atoms with Gasteiger partial charge in [-0.1, -0.05) is 34.8 Å².